The molecule has 3 heteroatoms. The number of rotatable bonds is 7. The minimum absolute atomic E-state index is 0.333. The Labute approximate surface area is 121 Å². The Morgan fingerprint density at radius 3 is 2.89 bits per heavy atom. The normalized spacial score (nSPS) is 11.5. The van der Waals surface area contributed by atoms with Gasteiger partial charge in [-0.25, -0.2) is 0 Å². The monoisotopic (exact) mass is 279 g/mol. The van der Waals surface area contributed by atoms with Gasteiger partial charge in [0.1, 0.15) is 5.75 Å². The van der Waals surface area contributed by atoms with Crippen molar-refractivity contribution in [1.29, 1.82) is 0 Å². The fourth-order valence-electron chi connectivity index (χ4n) is 1.81. The highest BCUT2D eigenvalue weighted by Crippen LogP contribution is 2.16. The molecule has 0 aliphatic heterocycles. The molecular weight excluding hydrogens is 258 g/mol. The van der Waals surface area contributed by atoms with E-state index in [2.05, 4.69) is 30.7 Å². The van der Waals surface area contributed by atoms with Crippen molar-refractivity contribution >= 4 is 11.6 Å². The van der Waals surface area contributed by atoms with E-state index in [4.69, 9.17) is 16.3 Å². The fourth-order valence-corrected chi connectivity index (χ4v) is 1.88. The third-order valence-electron chi connectivity index (χ3n) is 3.04. The van der Waals surface area contributed by atoms with Crippen LogP contribution in [0.15, 0.2) is 18.5 Å². The molecule has 1 heterocycles. The number of halogens is 1. The zero-order valence-electron chi connectivity index (χ0n) is 11.8. The second-order valence-electron chi connectivity index (χ2n) is 4.57. The SMILES string of the molecule is CCCCC(CC)COc1cncc(C#CCCl)c1. The number of alkyl halides is 1. The van der Waals surface area contributed by atoms with Gasteiger partial charge in [0.05, 0.1) is 18.7 Å². The maximum atomic E-state index is 5.81. The number of aromatic nitrogens is 1. The van der Waals surface area contributed by atoms with Gasteiger partial charge in [0.15, 0.2) is 0 Å². The Bertz CT molecular complexity index is 422. The zero-order chi connectivity index (χ0) is 13.9. The summed E-state index contributed by atoms with van der Waals surface area (Å²) in [5, 5.41) is 0. The summed E-state index contributed by atoms with van der Waals surface area (Å²) in [6.07, 6.45) is 8.34. The molecule has 1 atom stereocenters. The van der Waals surface area contributed by atoms with Gasteiger partial charge in [0.2, 0.25) is 0 Å². The molecule has 2 nitrogen and oxygen atoms in total. The average Bonchev–Trinajstić information content (AvgIpc) is 2.46. The van der Waals surface area contributed by atoms with Crippen molar-refractivity contribution in [2.75, 3.05) is 12.5 Å². The fraction of sp³-hybridized carbons (Fsp3) is 0.562. The lowest BCUT2D eigenvalue weighted by molar-refractivity contribution is 0.232. The highest BCUT2D eigenvalue weighted by Gasteiger charge is 2.07. The van der Waals surface area contributed by atoms with E-state index in [1.165, 1.54) is 19.3 Å². The molecule has 0 aliphatic carbocycles. The lowest BCUT2D eigenvalue weighted by atomic mass is 10.0. The van der Waals surface area contributed by atoms with Crippen LogP contribution in [0.5, 0.6) is 5.75 Å². The summed E-state index contributed by atoms with van der Waals surface area (Å²) in [7, 11) is 0. The number of unbranched alkanes of at least 4 members (excludes halogenated alkanes) is 1. The van der Waals surface area contributed by atoms with Crippen LogP contribution < -0.4 is 4.74 Å². The standard InChI is InChI=1S/C16H22ClNO/c1-3-5-7-14(4-2)13-19-16-10-15(8-6-9-17)11-18-12-16/h10-12,14H,3-5,7,9,13H2,1-2H3. The Kier molecular flexibility index (Phi) is 8.09. The molecule has 0 fully saturated rings. The minimum atomic E-state index is 0.333. The van der Waals surface area contributed by atoms with Gasteiger partial charge in [-0.05, 0) is 18.4 Å². The maximum Gasteiger partial charge on any atom is 0.138 e. The Morgan fingerprint density at radius 2 is 2.21 bits per heavy atom. The number of pyridine rings is 1. The first-order valence-corrected chi connectivity index (χ1v) is 7.46. The van der Waals surface area contributed by atoms with Gasteiger partial charge >= 0.3 is 0 Å². The third kappa shape index (κ3) is 6.50. The van der Waals surface area contributed by atoms with Crippen molar-refractivity contribution in [3.63, 3.8) is 0 Å². The van der Waals surface area contributed by atoms with Gasteiger partial charge in [-0.2, -0.15) is 0 Å². The van der Waals surface area contributed by atoms with Crippen LogP contribution in [0.2, 0.25) is 0 Å². The summed E-state index contributed by atoms with van der Waals surface area (Å²) in [6, 6.07) is 1.92. The van der Waals surface area contributed by atoms with E-state index in [1.54, 1.807) is 12.4 Å². The van der Waals surface area contributed by atoms with Gasteiger partial charge in [-0.1, -0.05) is 45.0 Å². The molecule has 0 bridgehead atoms. The molecule has 0 amide bonds. The average molecular weight is 280 g/mol. The predicted molar refractivity (Wildman–Crippen MR) is 80.6 cm³/mol. The summed E-state index contributed by atoms with van der Waals surface area (Å²) in [4.78, 5) is 4.13. The van der Waals surface area contributed by atoms with E-state index in [0.717, 1.165) is 24.3 Å². The zero-order valence-corrected chi connectivity index (χ0v) is 12.5. The smallest absolute Gasteiger partial charge is 0.138 e. The third-order valence-corrected chi connectivity index (χ3v) is 3.18. The molecule has 0 aromatic carbocycles. The van der Waals surface area contributed by atoms with Crippen LogP contribution in [-0.2, 0) is 0 Å². The summed E-state index contributed by atoms with van der Waals surface area (Å²) in [6.45, 7) is 5.19. The van der Waals surface area contributed by atoms with E-state index in [9.17, 15) is 0 Å². The van der Waals surface area contributed by atoms with Crippen LogP contribution in [0.25, 0.3) is 0 Å². The Balaban J connectivity index is 2.52. The summed E-state index contributed by atoms with van der Waals surface area (Å²) in [5.41, 5.74) is 0.847. The van der Waals surface area contributed by atoms with Crippen molar-refractivity contribution in [1.82, 2.24) is 4.98 Å². The van der Waals surface area contributed by atoms with Crippen LogP contribution in [0.1, 0.15) is 45.1 Å². The van der Waals surface area contributed by atoms with Gasteiger partial charge in [-0.15, -0.1) is 11.6 Å². The number of nitrogens with zero attached hydrogens (tertiary/aromatic N) is 1. The molecular formula is C16H22ClNO. The highest BCUT2D eigenvalue weighted by molar-refractivity contribution is 6.19. The van der Waals surface area contributed by atoms with Crippen LogP contribution >= 0.6 is 11.6 Å². The first-order chi connectivity index (χ1) is 9.30. The molecule has 0 saturated heterocycles. The predicted octanol–water partition coefficient (Wildman–Crippen LogP) is 4.27. The second kappa shape index (κ2) is 9.69. The van der Waals surface area contributed by atoms with E-state index >= 15 is 0 Å². The molecule has 0 aliphatic rings. The molecule has 0 spiro atoms. The Morgan fingerprint density at radius 1 is 1.37 bits per heavy atom. The number of ether oxygens (including phenoxy) is 1. The van der Waals surface area contributed by atoms with E-state index in [-0.39, 0.29) is 0 Å². The van der Waals surface area contributed by atoms with Gasteiger partial charge < -0.3 is 4.74 Å². The van der Waals surface area contributed by atoms with Gasteiger partial charge in [0, 0.05) is 11.8 Å². The largest absolute Gasteiger partial charge is 0.492 e. The van der Waals surface area contributed by atoms with Crippen molar-refractivity contribution in [3.05, 3.63) is 24.0 Å². The molecule has 1 aromatic rings. The molecule has 1 rings (SSSR count). The molecule has 1 unspecified atom stereocenters. The lowest BCUT2D eigenvalue weighted by Gasteiger charge is -2.15. The minimum Gasteiger partial charge on any atom is -0.492 e. The van der Waals surface area contributed by atoms with Crippen molar-refractivity contribution in [2.24, 2.45) is 5.92 Å². The van der Waals surface area contributed by atoms with Crippen molar-refractivity contribution in [3.8, 4) is 17.6 Å². The van der Waals surface area contributed by atoms with Crippen LogP contribution in [0.3, 0.4) is 0 Å². The highest BCUT2D eigenvalue weighted by atomic mass is 35.5. The topological polar surface area (TPSA) is 22.1 Å². The van der Waals surface area contributed by atoms with E-state index in [0.29, 0.717) is 11.8 Å². The first kappa shape index (κ1) is 15.9. The molecule has 0 saturated carbocycles. The first-order valence-electron chi connectivity index (χ1n) is 6.92. The van der Waals surface area contributed by atoms with E-state index in [1.807, 2.05) is 6.07 Å². The number of hydrogen-bond acceptors (Lipinski definition) is 2. The maximum absolute atomic E-state index is 5.81. The molecule has 1 aromatic heterocycles. The molecule has 0 radical (unpaired) electrons. The van der Waals surface area contributed by atoms with Crippen molar-refractivity contribution in [2.45, 2.75) is 39.5 Å². The second-order valence-corrected chi connectivity index (χ2v) is 4.84. The summed E-state index contributed by atoms with van der Waals surface area (Å²) < 4.78 is 5.81. The van der Waals surface area contributed by atoms with Crippen LogP contribution in [0, 0.1) is 17.8 Å². The van der Waals surface area contributed by atoms with Crippen LogP contribution in [-0.4, -0.2) is 17.5 Å². The molecule has 0 N–H and O–H groups in total. The quantitative estimate of drug-likeness (QED) is 0.549. The van der Waals surface area contributed by atoms with E-state index < -0.39 is 0 Å². The van der Waals surface area contributed by atoms with Gasteiger partial charge in [0.25, 0.3) is 0 Å². The lowest BCUT2D eigenvalue weighted by Crippen LogP contribution is -2.11. The van der Waals surface area contributed by atoms with Crippen molar-refractivity contribution < 1.29 is 4.74 Å². The Hall–Kier alpha value is -1.20. The molecule has 19 heavy (non-hydrogen) atoms. The number of hydrogen-bond donors (Lipinski definition) is 0. The molecule has 104 valence electrons. The summed E-state index contributed by atoms with van der Waals surface area (Å²) in [5.74, 6) is 7.51. The summed E-state index contributed by atoms with van der Waals surface area (Å²) >= 11 is 5.54. The van der Waals surface area contributed by atoms with Gasteiger partial charge in [-0.3, -0.25) is 4.98 Å². The van der Waals surface area contributed by atoms with Crippen LogP contribution in [0.4, 0.5) is 0 Å².